The van der Waals surface area contributed by atoms with E-state index >= 15 is 0 Å². The number of carbonyl (C=O) groups is 1. The van der Waals surface area contributed by atoms with Crippen molar-refractivity contribution in [2.24, 2.45) is 0 Å². The van der Waals surface area contributed by atoms with Crippen molar-refractivity contribution in [3.05, 3.63) is 29.8 Å². The number of carbonyl (C=O) groups excluding carboxylic acids is 1. The molecule has 0 unspecified atom stereocenters. The van der Waals surface area contributed by atoms with Crippen LogP contribution in [0.25, 0.3) is 0 Å². The van der Waals surface area contributed by atoms with Crippen LogP contribution in [0, 0.1) is 0 Å². The van der Waals surface area contributed by atoms with Gasteiger partial charge in [0.15, 0.2) is 0 Å². The Labute approximate surface area is 116 Å². The van der Waals surface area contributed by atoms with E-state index in [4.69, 9.17) is 25.6 Å². The first-order valence-electron chi connectivity index (χ1n) is 5.23. The van der Waals surface area contributed by atoms with Crippen molar-refractivity contribution in [1.82, 2.24) is 0 Å². The highest BCUT2D eigenvalue weighted by Crippen LogP contribution is 2.62. The summed E-state index contributed by atoms with van der Waals surface area (Å²) < 4.78 is 15.3. The molecular formula is C11H15O4PS2. The van der Waals surface area contributed by atoms with Crippen molar-refractivity contribution in [3.63, 3.8) is 0 Å². The van der Waals surface area contributed by atoms with Gasteiger partial charge in [-0.1, -0.05) is 0 Å². The van der Waals surface area contributed by atoms with E-state index in [0.29, 0.717) is 12.2 Å². The van der Waals surface area contributed by atoms with Crippen molar-refractivity contribution in [2.75, 3.05) is 20.8 Å². The molecule has 0 heterocycles. The van der Waals surface area contributed by atoms with Crippen LogP contribution in [-0.2, 0) is 25.6 Å². The third-order valence-corrected chi connectivity index (χ3v) is 7.39. The molecule has 1 aromatic carbocycles. The summed E-state index contributed by atoms with van der Waals surface area (Å²) in [4.78, 5) is 12.4. The van der Waals surface area contributed by atoms with Gasteiger partial charge in [0.2, 0.25) is 0 Å². The molecule has 0 radical (unpaired) electrons. The highest BCUT2D eigenvalue weighted by Gasteiger charge is 2.17. The molecule has 0 aromatic heterocycles. The zero-order chi connectivity index (χ0) is 13.6. The van der Waals surface area contributed by atoms with Gasteiger partial charge >= 0.3 is 5.97 Å². The molecule has 1 aromatic rings. The fraction of sp³-hybridized carbons (Fsp3) is 0.364. The minimum absolute atomic E-state index is 0.327. The average Bonchev–Trinajstić information content (AvgIpc) is 2.39. The van der Waals surface area contributed by atoms with Gasteiger partial charge in [0, 0.05) is 19.1 Å². The Morgan fingerprint density at radius 2 is 1.83 bits per heavy atom. The van der Waals surface area contributed by atoms with E-state index < -0.39 is 5.69 Å². The van der Waals surface area contributed by atoms with Crippen LogP contribution in [0.2, 0.25) is 0 Å². The highest BCUT2D eigenvalue weighted by molar-refractivity contribution is 8.67. The maximum Gasteiger partial charge on any atom is 0.338 e. The summed E-state index contributed by atoms with van der Waals surface area (Å²) in [5.41, 5.74) is -1.80. The molecule has 0 spiro atoms. The van der Waals surface area contributed by atoms with Crippen molar-refractivity contribution >= 4 is 34.9 Å². The van der Waals surface area contributed by atoms with Crippen LogP contribution in [0.4, 0.5) is 0 Å². The maximum absolute atomic E-state index is 11.5. The number of benzene rings is 1. The molecule has 0 aliphatic heterocycles. The van der Waals surface area contributed by atoms with Gasteiger partial charge in [-0.25, -0.2) is 4.79 Å². The molecule has 7 heteroatoms. The van der Waals surface area contributed by atoms with Gasteiger partial charge in [-0.05, 0) is 54.4 Å². The minimum Gasteiger partial charge on any atom is -0.462 e. The molecule has 0 fully saturated rings. The maximum atomic E-state index is 11.5. The summed E-state index contributed by atoms with van der Waals surface area (Å²) in [7, 11) is 3.06. The molecular weight excluding hydrogens is 291 g/mol. The molecule has 1 rings (SSSR count). The normalized spacial score (nSPS) is 11.3. The molecule has 18 heavy (non-hydrogen) atoms. The van der Waals surface area contributed by atoms with E-state index in [0.717, 1.165) is 4.90 Å². The molecule has 0 amide bonds. The number of esters is 1. The lowest BCUT2D eigenvalue weighted by atomic mass is 10.2. The Kier molecular flexibility index (Phi) is 6.32. The molecule has 0 bridgehead atoms. The molecule has 0 atom stereocenters. The van der Waals surface area contributed by atoms with Crippen LogP contribution >= 0.6 is 17.1 Å². The smallest absolute Gasteiger partial charge is 0.338 e. The summed E-state index contributed by atoms with van der Waals surface area (Å²) in [6.07, 6.45) is 0. The third-order valence-electron chi connectivity index (χ3n) is 2.03. The number of hydrogen-bond acceptors (Lipinski definition) is 6. The lowest BCUT2D eigenvalue weighted by Crippen LogP contribution is -2.03. The SMILES string of the molecule is CCOC(=O)c1ccc(SP(=S)(OC)OC)cc1. The van der Waals surface area contributed by atoms with Gasteiger partial charge in [0.25, 0.3) is 5.69 Å². The number of ether oxygens (including phenoxy) is 1. The zero-order valence-corrected chi connectivity index (χ0v) is 12.9. The first-order chi connectivity index (χ1) is 8.54. The minimum atomic E-state index is -2.32. The Morgan fingerprint density at radius 1 is 1.28 bits per heavy atom. The van der Waals surface area contributed by atoms with Gasteiger partial charge in [-0.3, -0.25) is 0 Å². The van der Waals surface area contributed by atoms with Crippen LogP contribution in [0.5, 0.6) is 0 Å². The van der Waals surface area contributed by atoms with Gasteiger partial charge in [0.05, 0.1) is 12.2 Å². The zero-order valence-electron chi connectivity index (χ0n) is 10.4. The van der Waals surface area contributed by atoms with Crippen molar-refractivity contribution in [3.8, 4) is 0 Å². The lowest BCUT2D eigenvalue weighted by Gasteiger charge is -2.16. The highest BCUT2D eigenvalue weighted by atomic mass is 32.9. The largest absolute Gasteiger partial charge is 0.462 e. The van der Waals surface area contributed by atoms with Crippen molar-refractivity contribution in [1.29, 1.82) is 0 Å². The molecule has 0 N–H and O–H groups in total. The van der Waals surface area contributed by atoms with Gasteiger partial charge in [0.1, 0.15) is 0 Å². The van der Waals surface area contributed by atoms with Crippen LogP contribution in [0.15, 0.2) is 29.2 Å². The Bertz CT molecular complexity index is 439. The lowest BCUT2D eigenvalue weighted by molar-refractivity contribution is 0.0526. The molecule has 0 aliphatic rings. The van der Waals surface area contributed by atoms with Gasteiger partial charge in [-0.2, -0.15) is 0 Å². The van der Waals surface area contributed by atoms with Crippen molar-refractivity contribution < 1.29 is 18.6 Å². The van der Waals surface area contributed by atoms with E-state index in [-0.39, 0.29) is 5.97 Å². The second kappa shape index (κ2) is 7.26. The molecule has 4 nitrogen and oxygen atoms in total. The summed E-state index contributed by atoms with van der Waals surface area (Å²) in [5, 5.41) is 0. The standard InChI is InChI=1S/C11H15O4PS2/c1-4-15-11(12)9-5-7-10(8-6-9)18-16(17,13-2)14-3/h5-8H,4H2,1-3H3. The van der Waals surface area contributed by atoms with Crippen LogP contribution in [0.3, 0.4) is 0 Å². The van der Waals surface area contributed by atoms with Crippen LogP contribution in [0.1, 0.15) is 17.3 Å². The van der Waals surface area contributed by atoms with E-state index in [1.165, 1.54) is 25.6 Å². The monoisotopic (exact) mass is 306 g/mol. The van der Waals surface area contributed by atoms with Crippen LogP contribution < -0.4 is 0 Å². The van der Waals surface area contributed by atoms with E-state index in [1.807, 2.05) is 0 Å². The summed E-state index contributed by atoms with van der Waals surface area (Å²) in [6.45, 7) is 2.14. The first-order valence-corrected chi connectivity index (χ1v) is 9.29. The average molecular weight is 306 g/mol. The van der Waals surface area contributed by atoms with E-state index in [9.17, 15) is 4.79 Å². The molecule has 0 saturated carbocycles. The summed E-state index contributed by atoms with van der Waals surface area (Å²) >= 11 is 6.60. The summed E-state index contributed by atoms with van der Waals surface area (Å²) in [5.74, 6) is -0.327. The number of rotatable bonds is 6. The van der Waals surface area contributed by atoms with Crippen molar-refractivity contribution in [2.45, 2.75) is 11.8 Å². The predicted molar refractivity (Wildman–Crippen MR) is 76.6 cm³/mol. The Morgan fingerprint density at radius 3 is 2.28 bits per heavy atom. The molecule has 100 valence electrons. The Hall–Kier alpha value is -0.390. The predicted octanol–water partition coefficient (Wildman–Crippen LogP) is 3.47. The quantitative estimate of drug-likeness (QED) is 0.592. The first kappa shape index (κ1) is 15.7. The van der Waals surface area contributed by atoms with E-state index in [2.05, 4.69) is 0 Å². The second-order valence-electron chi connectivity index (χ2n) is 3.15. The second-order valence-corrected chi connectivity index (χ2v) is 9.55. The van der Waals surface area contributed by atoms with Gasteiger partial charge < -0.3 is 13.8 Å². The fourth-order valence-corrected chi connectivity index (χ4v) is 4.32. The fourth-order valence-electron chi connectivity index (χ4n) is 1.14. The third kappa shape index (κ3) is 4.37. The number of hydrogen-bond donors (Lipinski definition) is 0. The van der Waals surface area contributed by atoms with Crippen LogP contribution in [-0.4, -0.2) is 26.8 Å². The van der Waals surface area contributed by atoms with E-state index in [1.54, 1.807) is 31.2 Å². The molecule has 0 aliphatic carbocycles. The summed E-state index contributed by atoms with van der Waals surface area (Å²) in [6, 6.07) is 7.00. The topological polar surface area (TPSA) is 44.8 Å². The molecule has 0 saturated heterocycles. The van der Waals surface area contributed by atoms with Gasteiger partial charge in [-0.15, -0.1) is 0 Å². The Balaban J connectivity index is 2.77.